The Morgan fingerprint density at radius 2 is 1.92 bits per heavy atom. The number of nitrogens with zero attached hydrogens (tertiary/aromatic N) is 2. The van der Waals surface area contributed by atoms with Gasteiger partial charge in [0.05, 0.1) is 34.0 Å². The third kappa shape index (κ3) is 3.78. The summed E-state index contributed by atoms with van der Waals surface area (Å²) in [5.74, 6) is -0.322. The average molecular weight is 360 g/mol. The summed E-state index contributed by atoms with van der Waals surface area (Å²) in [4.78, 5) is 12.3. The van der Waals surface area contributed by atoms with Crippen molar-refractivity contribution in [1.82, 2.24) is 9.78 Å². The number of hydrogen-bond acceptors (Lipinski definition) is 2. The van der Waals surface area contributed by atoms with Gasteiger partial charge in [0.2, 0.25) is 0 Å². The fourth-order valence-corrected chi connectivity index (χ4v) is 2.66. The Hall–Kier alpha value is -2.30. The monoisotopic (exact) mass is 359 g/mol. The Labute approximate surface area is 150 Å². The van der Waals surface area contributed by atoms with Gasteiger partial charge in [0.15, 0.2) is 0 Å². The van der Waals surface area contributed by atoms with E-state index >= 15 is 0 Å². The van der Waals surface area contributed by atoms with E-state index < -0.39 is 0 Å². The minimum absolute atomic E-state index is 0.240. The molecule has 0 atom stereocenters. The van der Waals surface area contributed by atoms with Crippen molar-refractivity contribution in [2.45, 2.75) is 13.5 Å². The minimum Gasteiger partial charge on any atom is -0.319 e. The van der Waals surface area contributed by atoms with E-state index in [1.165, 1.54) is 5.56 Å². The number of carbonyl (C=O) groups excluding carboxylic acids is 1. The van der Waals surface area contributed by atoms with Crippen molar-refractivity contribution in [2.24, 2.45) is 0 Å². The molecule has 0 fully saturated rings. The zero-order valence-corrected chi connectivity index (χ0v) is 14.5. The first-order valence-corrected chi connectivity index (χ1v) is 8.12. The molecule has 0 aliphatic carbocycles. The molecule has 122 valence electrons. The van der Waals surface area contributed by atoms with Crippen LogP contribution in [0, 0.1) is 6.92 Å². The molecule has 0 saturated carbocycles. The van der Waals surface area contributed by atoms with Crippen LogP contribution in [0.25, 0.3) is 0 Å². The number of amides is 1. The summed E-state index contributed by atoms with van der Waals surface area (Å²) in [6.07, 6.45) is 3.38. The predicted octanol–water partition coefficient (Wildman–Crippen LogP) is 4.80. The molecule has 1 amide bonds. The van der Waals surface area contributed by atoms with Crippen LogP contribution in [-0.4, -0.2) is 15.7 Å². The van der Waals surface area contributed by atoms with E-state index in [0.29, 0.717) is 22.8 Å². The molecule has 1 aromatic heterocycles. The Bertz CT molecular complexity index is 872. The third-order valence-electron chi connectivity index (χ3n) is 3.55. The zero-order valence-electron chi connectivity index (χ0n) is 13.0. The maximum atomic E-state index is 12.3. The number of aryl methyl sites for hydroxylation is 1. The van der Waals surface area contributed by atoms with Crippen LogP contribution >= 0.6 is 23.2 Å². The molecule has 1 N–H and O–H groups in total. The second kappa shape index (κ2) is 7.07. The van der Waals surface area contributed by atoms with Crippen molar-refractivity contribution in [1.29, 1.82) is 0 Å². The van der Waals surface area contributed by atoms with Crippen molar-refractivity contribution in [3.8, 4) is 0 Å². The second-order valence-corrected chi connectivity index (χ2v) is 6.25. The van der Waals surface area contributed by atoms with Gasteiger partial charge < -0.3 is 5.32 Å². The number of hydrogen-bond donors (Lipinski definition) is 1. The summed E-state index contributed by atoms with van der Waals surface area (Å²) in [7, 11) is 0. The van der Waals surface area contributed by atoms with Crippen LogP contribution in [0.2, 0.25) is 10.0 Å². The molecular weight excluding hydrogens is 345 g/mol. The molecule has 1 heterocycles. The Morgan fingerprint density at radius 1 is 1.17 bits per heavy atom. The highest BCUT2D eigenvalue weighted by Crippen LogP contribution is 2.26. The summed E-state index contributed by atoms with van der Waals surface area (Å²) in [6.45, 7) is 2.68. The summed E-state index contributed by atoms with van der Waals surface area (Å²) < 4.78 is 1.76. The van der Waals surface area contributed by atoms with E-state index in [4.69, 9.17) is 23.2 Å². The highest BCUT2D eigenvalue weighted by atomic mass is 35.5. The molecule has 24 heavy (non-hydrogen) atoms. The van der Waals surface area contributed by atoms with Gasteiger partial charge in [-0.2, -0.15) is 5.10 Å². The lowest BCUT2D eigenvalue weighted by atomic mass is 10.1. The normalized spacial score (nSPS) is 10.6. The minimum atomic E-state index is -0.322. The number of halogens is 2. The fraction of sp³-hybridized carbons (Fsp3) is 0.111. The van der Waals surface area contributed by atoms with E-state index in [-0.39, 0.29) is 10.9 Å². The van der Waals surface area contributed by atoms with E-state index in [9.17, 15) is 4.79 Å². The van der Waals surface area contributed by atoms with E-state index in [1.807, 2.05) is 6.92 Å². The van der Waals surface area contributed by atoms with Gasteiger partial charge in [0.25, 0.3) is 5.91 Å². The van der Waals surface area contributed by atoms with Crippen molar-refractivity contribution < 1.29 is 4.79 Å². The van der Waals surface area contributed by atoms with Gasteiger partial charge in [-0.15, -0.1) is 0 Å². The molecule has 0 aliphatic rings. The molecule has 6 heteroatoms. The largest absolute Gasteiger partial charge is 0.319 e. The summed E-state index contributed by atoms with van der Waals surface area (Å²) >= 11 is 12.0. The quantitative estimate of drug-likeness (QED) is 0.727. The van der Waals surface area contributed by atoms with Crippen molar-refractivity contribution in [2.75, 3.05) is 5.32 Å². The zero-order chi connectivity index (χ0) is 17.1. The SMILES string of the molecule is Cc1ccc(Cn2cc(NC(=O)c3cccc(Cl)c3Cl)cn2)cc1. The standard InChI is InChI=1S/C18H15Cl2N3O/c1-12-5-7-13(8-6-12)10-23-11-14(9-21-23)22-18(24)15-3-2-4-16(19)17(15)20/h2-9,11H,10H2,1H3,(H,22,24). The first-order chi connectivity index (χ1) is 11.5. The molecular formula is C18H15Cl2N3O. The maximum absolute atomic E-state index is 12.3. The van der Waals surface area contributed by atoms with E-state index in [0.717, 1.165) is 5.56 Å². The van der Waals surface area contributed by atoms with Crippen LogP contribution in [0.5, 0.6) is 0 Å². The topological polar surface area (TPSA) is 46.9 Å². The molecule has 3 aromatic rings. The predicted molar refractivity (Wildman–Crippen MR) is 96.9 cm³/mol. The van der Waals surface area contributed by atoms with Crippen molar-refractivity contribution in [3.05, 3.63) is 81.6 Å². The average Bonchev–Trinajstić information content (AvgIpc) is 2.99. The van der Waals surface area contributed by atoms with Crippen LogP contribution in [0.4, 0.5) is 5.69 Å². The van der Waals surface area contributed by atoms with Gasteiger partial charge in [-0.25, -0.2) is 0 Å². The lowest BCUT2D eigenvalue weighted by Gasteiger charge is -2.06. The molecule has 0 radical (unpaired) electrons. The van der Waals surface area contributed by atoms with Gasteiger partial charge in [-0.3, -0.25) is 9.48 Å². The fourth-order valence-electron chi connectivity index (χ4n) is 2.27. The molecule has 4 nitrogen and oxygen atoms in total. The Morgan fingerprint density at radius 3 is 2.67 bits per heavy atom. The molecule has 0 spiro atoms. The lowest BCUT2D eigenvalue weighted by molar-refractivity contribution is 0.102. The third-order valence-corrected chi connectivity index (χ3v) is 4.37. The van der Waals surface area contributed by atoms with Gasteiger partial charge in [-0.05, 0) is 24.6 Å². The summed E-state index contributed by atoms with van der Waals surface area (Å²) in [5, 5.41) is 7.63. The maximum Gasteiger partial charge on any atom is 0.257 e. The van der Waals surface area contributed by atoms with Gasteiger partial charge >= 0.3 is 0 Å². The van der Waals surface area contributed by atoms with Crippen LogP contribution < -0.4 is 5.32 Å². The Balaban J connectivity index is 1.70. The molecule has 0 saturated heterocycles. The number of nitrogens with one attached hydrogen (secondary N) is 1. The Kier molecular flexibility index (Phi) is 4.88. The van der Waals surface area contributed by atoms with Crippen molar-refractivity contribution >= 4 is 34.8 Å². The van der Waals surface area contributed by atoms with Crippen LogP contribution in [0.1, 0.15) is 21.5 Å². The van der Waals surface area contributed by atoms with E-state index in [1.54, 1.807) is 35.3 Å². The molecule has 2 aromatic carbocycles. The first kappa shape index (κ1) is 16.6. The molecule has 0 aliphatic heterocycles. The smallest absolute Gasteiger partial charge is 0.257 e. The molecule has 0 unspecified atom stereocenters. The van der Waals surface area contributed by atoms with Gasteiger partial charge in [-0.1, -0.05) is 59.1 Å². The number of rotatable bonds is 4. The number of carbonyl (C=O) groups is 1. The molecule has 0 bridgehead atoms. The second-order valence-electron chi connectivity index (χ2n) is 5.47. The summed E-state index contributed by atoms with van der Waals surface area (Å²) in [5.41, 5.74) is 3.28. The summed E-state index contributed by atoms with van der Waals surface area (Å²) in [6, 6.07) is 13.2. The van der Waals surface area contributed by atoms with Gasteiger partial charge in [0.1, 0.15) is 0 Å². The van der Waals surface area contributed by atoms with Crippen LogP contribution in [0.3, 0.4) is 0 Å². The van der Waals surface area contributed by atoms with Crippen LogP contribution in [-0.2, 0) is 6.54 Å². The van der Waals surface area contributed by atoms with Gasteiger partial charge in [0, 0.05) is 6.20 Å². The van der Waals surface area contributed by atoms with Crippen molar-refractivity contribution in [3.63, 3.8) is 0 Å². The highest BCUT2D eigenvalue weighted by molar-refractivity contribution is 6.44. The number of anilines is 1. The number of benzene rings is 2. The van der Waals surface area contributed by atoms with Crippen LogP contribution in [0.15, 0.2) is 54.9 Å². The number of aromatic nitrogens is 2. The van der Waals surface area contributed by atoms with E-state index in [2.05, 4.69) is 34.7 Å². The molecule has 3 rings (SSSR count). The highest BCUT2D eigenvalue weighted by Gasteiger charge is 2.13. The first-order valence-electron chi connectivity index (χ1n) is 7.36. The lowest BCUT2D eigenvalue weighted by Crippen LogP contribution is -2.12.